The molecular formula is C5H6N2S. The van der Waals surface area contributed by atoms with Gasteiger partial charge in [-0.1, -0.05) is 0 Å². The van der Waals surface area contributed by atoms with Gasteiger partial charge in [0.2, 0.25) is 0 Å². The Kier molecular flexibility index (Phi) is 1.86. The molecule has 0 N–H and O–H groups in total. The molecule has 0 aromatic carbocycles. The van der Waals surface area contributed by atoms with E-state index < -0.39 is 0 Å². The maximum Gasteiger partial charge on any atom is 0.148 e. The number of aliphatic imine (C=N–C) groups is 2. The van der Waals surface area contributed by atoms with E-state index in [0.717, 1.165) is 5.82 Å². The van der Waals surface area contributed by atoms with Crippen molar-refractivity contribution in [2.75, 3.05) is 5.75 Å². The lowest BCUT2D eigenvalue weighted by atomic mass is 10.6. The highest BCUT2D eigenvalue weighted by molar-refractivity contribution is 7.80. The summed E-state index contributed by atoms with van der Waals surface area (Å²) >= 11 is 3.97. The normalized spacial score (nSPS) is 15.4. The van der Waals surface area contributed by atoms with Crippen molar-refractivity contribution < 1.29 is 0 Å². The van der Waals surface area contributed by atoms with E-state index in [1.54, 1.807) is 12.4 Å². The van der Waals surface area contributed by atoms with Gasteiger partial charge in [-0.2, -0.15) is 12.6 Å². The highest BCUT2D eigenvalue weighted by Gasteiger charge is 1.89. The van der Waals surface area contributed by atoms with Crippen molar-refractivity contribution in [3.63, 3.8) is 0 Å². The maximum absolute atomic E-state index is 3.97. The Hall–Kier alpha value is -0.570. The smallest absolute Gasteiger partial charge is 0.148 e. The Morgan fingerprint density at radius 1 is 1.50 bits per heavy atom. The van der Waals surface area contributed by atoms with Crippen molar-refractivity contribution in [1.29, 1.82) is 0 Å². The van der Waals surface area contributed by atoms with Crippen LogP contribution in [0.3, 0.4) is 0 Å². The van der Waals surface area contributed by atoms with Gasteiger partial charge in [-0.15, -0.1) is 0 Å². The molecule has 0 fully saturated rings. The van der Waals surface area contributed by atoms with Crippen LogP contribution in [0.15, 0.2) is 21.9 Å². The van der Waals surface area contributed by atoms with Gasteiger partial charge in [0.05, 0.1) is 0 Å². The van der Waals surface area contributed by atoms with Crippen molar-refractivity contribution in [3.05, 3.63) is 11.9 Å². The molecule has 0 radical (unpaired) electrons. The van der Waals surface area contributed by atoms with Gasteiger partial charge >= 0.3 is 0 Å². The Labute approximate surface area is 53.4 Å². The fraction of sp³-hybridized carbons (Fsp3) is 0.200. The van der Waals surface area contributed by atoms with Gasteiger partial charge in [-0.05, 0) is 6.08 Å². The summed E-state index contributed by atoms with van der Waals surface area (Å²) in [4.78, 5) is 7.78. The molecule has 0 atom stereocenters. The SMILES string of the molecule is SCC=C1N=CC=N1. The lowest BCUT2D eigenvalue weighted by Gasteiger charge is -1.81. The first kappa shape index (κ1) is 5.56. The van der Waals surface area contributed by atoms with E-state index in [1.807, 2.05) is 6.08 Å². The van der Waals surface area contributed by atoms with E-state index in [2.05, 4.69) is 22.6 Å². The standard InChI is InChI=1S/C5H6N2S/c8-4-1-5-6-2-3-7-5/h1-3,8H,4H2. The second-order valence-corrected chi connectivity index (χ2v) is 1.67. The molecule has 1 aliphatic heterocycles. The monoisotopic (exact) mass is 126 g/mol. The van der Waals surface area contributed by atoms with E-state index in [0.29, 0.717) is 5.75 Å². The number of nitrogens with zero attached hydrogens (tertiary/aromatic N) is 2. The molecule has 0 aromatic rings. The van der Waals surface area contributed by atoms with Crippen LogP contribution in [-0.4, -0.2) is 18.2 Å². The number of hydrogen-bond acceptors (Lipinski definition) is 3. The average Bonchev–Trinajstić information content (AvgIpc) is 2.19. The summed E-state index contributed by atoms with van der Waals surface area (Å²) in [5.41, 5.74) is 0. The van der Waals surface area contributed by atoms with E-state index in [-0.39, 0.29) is 0 Å². The molecule has 8 heavy (non-hydrogen) atoms. The van der Waals surface area contributed by atoms with E-state index in [9.17, 15) is 0 Å². The van der Waals surface area contributed by atoms with E-state index in [4.69, 9.17) is 0 Å². The molecule has 0 unspecified atom stereocenters. The first-order chi connectivity index (χ1) is 3.93. The first-order valence-electron chi connectivity index (χ1n) is 2.31. The van der Waals surface area contributed by atoms with Gasteiger partial charge in [-0.3, -0.25) is 0 Å². The molecule has 0 amide bonds. The van der Waals surface area contributed by atoms with Crippen LogP contribution in [-0.2, 0) is 0 Å². The minimum atomic E-state index is 0.698. The summed E-state index contributed by atoms with van der Waals surface area (Å²) in [5.74, 6) is 1.46. The van der Waals surface area contributed by atoms with Crippen LogP contribution in [0.4, 0.5) is 0 Å². The molecule has 0 saturated carbocycles. The maximum atomic E-state index is 3.97. The zero-order chi connectivity index (χ0) is 5.82. The molecule has 1 rings (SSSR count). The largest absolute Gasteiger partial charge is 0.236 e. The fourth-order valence-electron chi connectivity index (χ4n) is 0.440. The number of rotatable bonds is 1. The third-order valence-electron chi connectivity index (χ3n) is 0.754. The lowest BCUT2D eigenvalue weighted by molar-refractivity contribution is 1.27. The quantitative estimate of drug-likeness (QED) is 0.505. The molecule has 0 spiro atoms. The fourth-order valence-corrected chi connectivity index (χ4v) is 0.603. The predicted octanol–water partition coefficient (Wildman–Crippen LogP) is 0.913. The second kappa shape index (κ2) is 2.67. The van der Waals surface area contributed by atoms with Crippen molar-refractivity contribution in [1.82, 2.24) is 0 Å². The number of thiol groups is 1. The molecule has 0 saturated heterocycles. The minimum Gasteiger partial charge on any atom is -0.236 e. The molecular weight excluding hydrogens is 120 g/mol. The molecule has 1 heterocycles. The highest BCUT2D eigenvalue weighted by atomic mass is 32.1. The Bertz CT molecular complexity index is 144. The average molecular weight is 126 g/mol. The van der Waals surface area contributed by atoms with Crippen LogP contribution in [0.1, 0.15) is 0 Å². The first-order valence-corrected chi connectivity index (χ1v) is 2.94. The van der Waals surface area contributed by atoms with Gasteiger partial charge in [-0.25, -0.2) is 9.98 Å². The van der Waals surface area contributed by atoms with Crippen LogP contribution in [0.2, 0.25) is 0 Å². The van der Waals surface area contributed by atoms with E-state index in [1.165, 1.54) is 0 Å². The summed E-state index contributed by atoms with van der Waals surface area (Å²) < 4.78 is 0. The minimum absolute atomic E-state index is 0.698. The van der Waals surface area contributed by atoms with Crippen LogP contribution in [0, 0.1) is 0 Å². The molecule has 0 bridgehead atoms. The lowest BCUT2D eigenvalue weighted by Crippen LogP contribution is -1.66. The summed E-state index contributed by atoms with van der Waals surface area (Å²) in [6.45, 7) is 0. The molecule has 42 valence electrons. The van der Waals surface area contributed by atoms with Crippen molar-refractivity contribution >= 4 is 25.1 Å². The molecule has 0 aromatic heterocycles. The molecule has 2 nitrogen and oxygen atoms in total. The van der Waals surface area contributed by atoms with Crippen LogP contribution in [0.5, 0.6) is 0 Å². The predicted molar refractivity (Wildman–Crippen MR) is 38.9 cm³/mol. The zero-order valence-electron chi connectivity index (χ0n) is 4.28. The molecule has 1 aliphatic rings. The third-order valence-corrected chi connectivity index (χ3v) is 0.937. The van der Waals surface area contributed by atoms with Crippen LogP contribution >= 0.6 is 12.6 Å². The number of hydrogen-bond donors (Lipinski definition) is 1. The van der Waals surface area contributed by atoms with Gasteiger partial charge in [0.25, 0.3) is 0 Å². The topological polar surface area (TPSA) is 24.7 Å². The highest BCUT2D eigenvalue weighted by Crippen LogP contribution is 2.00. The Morgan fingerprint density at radius 3 is 2.62 bits per heavy atom. The van der Waals surface area contributed by atoms with Crippen LogP contribution < -0.4 is 0 Å². The van der Waals surface area contributed by atoms with Crippen molar-refractivity contribution in [2.24, 2.45) is 9.98 Å². The zero-order valence-corrected chi connectivity index (χ0v) is 5.18. The van der Waals surface area contributed by atoms with Crippen molar-refractivity contribution in [2.45, 2.75) is 0 Å². The van der Waals surface area contributed by atoms with Gasteiger partial charge in [0.1, 0.15) is 5.82 Å². The third kappa shape index (κ3) is 1.20. The van der Waals surface area contributed by atoms with Crippen LogP contribution in [0.25, 0.3) is 0 Å². The van der Waals surface area contributed by atoms with Crippen molar-refractivity contribution in [3.8, 4) is 0 Å². The molecule has 0 aliphatic carbocycles. The summed E-state index contributed by atoms with van der Waals surface area (Å²) in [5, 5.41) is 0. The Balaban J connectivity index is 2.60. The summed E-state index contributed by atoms with van der Waals surface area (Å²) in [6, 6.07) is 0. The second-order valence-electron chi connectivity index (χ2n) is 1.30. The molecule has 3 heteroatoms. The summed E-state index contributed by atoms with van der Waals surface area (Å²) in [6.07, 6.45) is 5.17. The summed E-state index contributed by atoms with van der Waals surface area (Å²) in [7, 11) is 0. The van der Waals surface area contributed by atoms with E-state index >= 15 is 0 Å². The van der Waals surface area contributed by atoms with Gasteiger partial charge in [0, 0.05) is 18.2 Å². The Morgan fingerprint density at radius 2 is 2.12 bits per heavy atom. The van der Waals surface area contributed by atoms with Gasteiger partial charge in [0.15, 0.2) is 0 Å². The van der Waals surface area contributed by atoms with Gasteiger partial charge < -0.3 is 0 Å².